The van der Waals surface area contributed by atoms with E-state index in [1.165, 1.54) is 55.3 Å². The minimum Gasteiger partial charge on any atom is -0.456 e. The Labute approximate surface area is 245 Å². The van der Waals surface area contributed by atoms with Crippen molar-refractivity contribution in [3.8, 4) is 44.9 Å². The van der Waals surface area contributed by atoms with Gasteiger partial charge in [-0.3, -0.25) is 0 Å². The Morgan fingerprint density at radius 2 is 1.02 bits per heavy atom. The molecule has 0 amide bonds. The molecular weight excluding hydrogens is 508 g/mol. The molecule has 0 radical (unpaired) electrons. The smallest absolute Gasteiger partial charge is 0.136 e. The van der Waals surface area contributed by atoms with Crippen LogP contribution in [-0.4, -0.2) is 0 Å². The predicted molar refractivity (Wildman–Crippen MR) is 172 cm³/mol. The van der Waals surface area contributed by atoms with Crippen molar-refractivity contribution in [3.05, 3.63) is 180 Å². The van der Waals surface area contributed by atoms with Crippen LogP contribution in [0, 0.1) is 0 Å². The summed E-state index contributed by atoms with van der Waals surface area (Å²) >= 11 is 0. The van der Waals surface area contributed by atoms with Gasteiger partial charge in [-0.05, 0) is 79.7 Å². The maximum absolute atomic E-state index is 6.51. The van der Waals surface area contributed by atoms with Gasteiger partial charge in [0.1, 0.15) is 11.5 Å². The summed E-state index contributed by atoms with van der Waals surface area (Å²) in [4.78, 5) is 0. The molecule has 0 saturated carbocycles. The summed E-state index contributed by atoms with van der Waals surface area (Å²) in [5.74, 6) is 1.83. The highest BCUT2D eigenvalue weighted by Gasteiger charge is 2.45. The standard InChI is InChI=1S/C41H26O/c1-3-13-30(14-4-1)41(31-15-5-2-6-16-31)36-20-9-7-17-32(36)35-25-27(22-23-37(35)41)29-24-28-12-11-19-34-33-18-8-10-21-38(33)42-39(26-29)40(28)34/h1-26H. The fourth-order valence-corrected chi connectivity index (χ4v) is 7.38. The van der Waals surface area contributed by atoms with E-state index < -0.39 is 0 Å². The van der Waals surface area contributed by atoms with E-state index >= 15 is 0 Å². The van der Waals surface area contributed by atoms with E-state index in [0.29, 0.717) is 0 Å². The van der Waals surface area contributed by atoms with Crippen LogP contribution in [0.25, 0.3) is 44.2 Å². The van der Waals surface area contributed by atoms with E-state index in [2.05, 4.69) is 152 Å². The Bertz CT molecular complexity index is 2120. The van der Waals surface area contributed by atoms with Gasteiger partial charge in [0.25, 0.3) is 0 Å². The van der Waals surface area contributed by atoms with Crippen LogP contribution in [0.5, 0.6) is 11.5 Å². The molecule has 1 aliphatic carbocycles. The second-order valence-electron chi connectivity index (χ2n) is 11.3. The molecule has 0 saturated heterocycles. The zero-order valence-electron chi connectivity index (χ0n) is 22.9. The van der Waals surface area contributed by atoms with Gasteiger partial charge in [0.05, 0.1) is 5.41 Å². The molecule has 0 N–H and O–H groups in total. The first kappa shape index (κ1) is 23.3. The van der Waals surface area contributed by atoms with Crippen molar-refractivity contribution in [1.82, 2.24) is 0 Å². The molecule has 0 fully saturated rings. The lowest BCUT2D eigenvalue weighted by molar-refractivity contribution is 0.487. The number of rotatable bonds is 3. The van der Waals surface area contributed by atoms with Crippen LogP contribution in [0.4, 0.5) is 0 Å². The van der Waals surface area contributed by atoms with Gasteiger partial charge in [-0.2, -0.15) is 0 Å². The van der Waals surface area contributed by atoms with E-state index in [1.807, 2.05) is 6.07 Å². The van der Waals surface area contributed by atoms with Crippen molar-refractivity contribution < 1.29 is 4.74 Å². The number of benzene rings is 7. The van der Waals surface area contributed by atoms with Crippen molar-refractivity contribution in [2.75, 3.05) is 0 Å². The second-order valence-corrected chi connectivity index (χ2v) is 11.3. The van der Waals surface area contributed by atoms with Crippen LogP contribution in [0.15, 0.2) is 158 Å². The van der Waals surface area contributed by atoms with Gasteiger partial charge >= 0.3 is 0 Å². The molecule has 9 rings (SSSR count). The third-order valence-corrected chi connectivity index (χ3v) is 9.13. The highest BCUT2D eigenvalue weighted by Crippen LogP contribution is 2.57. The Morgan fingerprint density at radius 1 is 0.381 bits per heavy atom. The highest BCUT2D eigenvalue weighted by atomic mass is 16.5. The number of ether oxygens (including phenoxy) is 1. The van der Waals surface area contributed by atoms with Gasteiger partial charge in [-0.25, -0.2) is 0 Å². The molecule has 0 aromatic heterocycles. The van der Waals surface area contributed by atoms with Gasteiger partial charge in [-0.15, -0.1) is 0 Å². The van der Waals surface area contributed by atoms with Gasteiger partial charge < -0.3 is 4.74 Å². The van der Waals surface area contributed by atoms with Crippen molar-refractivity contribution >= 4 is 10.8 Å². The number of para-hydroxylation sites is 1. The fraction of sp³-hybridized carbons (Fsp3) is 0.0244. The molecule has 196 valence electrons. The van der Waals surface area contributed by atoms with Gasteiger partial charge in [0.2, 0.25) is 0 Å². The summed E-state index contributed by atoms with van der Waals surface area (Å²) in [6.45, 7) is 0. The van der Waals surface area contributed by atoms with Crippen LogP contribution in [0.1, 0.15) is 22.3 Å². The minimum atomic E-state index is -0.385. The van der Waals surface area contributed by atoms with E-state index in [0.717, 1.165) is 22.6 Å². The van der Waals surface area contributed by atoms with Gasteiger partial charge in [0.15, 0.2) is 0 Å². The quantitative estimate of drug-likeness (QED) is 0.219. The Kier molecular flexibility index (Phi) is 4.88. The summed E-state index contributed by atoms with van der Waals surface area (Å²) in [5.41, 5.74) is 12.1. The zero-order chi connectivity index (χ0) is 27.7. The summed E-state index contributed by atoms with van der Waals surface area (Å²) in [6.07, 6.45) is 0. The lowest BCUT2D eigenvalue weighted by Crippen LogP contribution is -2.28. The molecule has 2 aliphatic rings. The first-order valence-electron chi connectivity index (χ1n) is 14.5. The fourth-order valence-electron chi connectivity index (χ4n) is 7.38. The third-order valence-electron chi connectivity index (χ3n) is 9.13. The molecule has 7 aromatic rings. The summed E-state index contributed by atoms with van der Waals surface area (Å²) in [7, 11) is 0. The van der Waals surface area contributed by atoms with Crippen molar-refractivity contribution in [1.29, 1.82) is 0 Å². The van der Waals surface area contributed by atoms with Crippen LogP contribution < -0.4 is 4.74 Å². The second kappa shape index (κ2) is 8.80. The van der Waals surface area contributed by atoms with Crippen LogP contribution in [0.2, 0.25) is 0 Å². The van der Waals surface area contributed by atoms with Crippen molar-refractivity contribution in [2.45, 2.75) is 5.41 Å². The molecule has 0 atom stereocenters. The largest absolute Gasteiger partial charge is 0.456 e. The maximum Gasteiger partial charge on any atom is 0.136 e. The normalized spacial score (nSPS) is 13.6. The maximum atomic E-state index is 6.51. The van der Waals surface area contributed by atoms with E-state index in [4.69, 9.17) is 4.74 Å². The SMILES string of the molecule is c1ccc(C2(c3ccccc3)c3ccccc3-c3cc(-c4cc5c6c(cccc6c4)-c4ccccc4O5)ccc32)cc1. The summed E-state index contributed by atoms with van der Waals surface area (Å²) in [6, 6.07) is 57.3. The van der Waals surface area contributed by atoms with Crippen LogP contribution >= 0.6 is 0 Å². The summed E-state index contributed by atoms with van der Waals surface area (Å²) < 4.78 is 6.51. The summed E-state index contributed by atoms with van der Waals surface area (Å²) in [5, 5.41) is 2.37. The molecule has 1 heteroatoms. The Balaban J connectivity index is 1.29. The van der Waals surface area contributed by atoms with Crippen molar-refractivity contribution in [2.24, 2.45) is 0 Å². The number of fused-ring (bicyclic) bond motifs is 5. The Morgan fingerprint density at radius 3 is 1.81 bits per heavy atom. The molecule has 1 heterocycles. The topological polar surface area (TPSA) is 9.23 Å². The van der Waals surface area contributed by atoms with Crippen LogP contribution in [-0.2, 0) is 5.41 Å². The highest BCUT2D eigenvalue weighted by molar-refractivity contribution is 6.06. The van der Waals surface area contributed by atoms with Gasteiger partial charge in [-0.1, -0.05) is 133 Å². The Hall–Kier alpha value is -5.40. The van der Waals surface area contributed by atoms with E-state index in [-0.39, 0.29) is 5.41 Å². The third kappa shape index (κ3) is 3.14. The molecular formula is C41H26O. The molecule has 1 aliphatic heterocycles. The number of hydrogen-bond donors (Lipinski definition) is 0. The first-order valence-corrected chi connectivity index (χ1v) is 14.5. The molecule has 1 nitrogen and oxygen atoms in total. The molecule has 7 aromatic carbocycles. The van der Waals surface area contributed by atoms with E-state index in [9.17, 15) is 0 Å². The average Bonchev–Trinajstić information content (AvgIpc) is 3.36. The van der Waals surface area contributed by atoms with Gasteiger partial charge in [0, 0.05) is 10.9 Å². The monoisotopic (exact) mass is 534 g/mol. The average molecular weight is 535 g/mol. The first-order chi connectivity index (χ1) is 20.8. The minimum absolute atomic E-state index is 0.385. The molecule has 42 heavy (non-hydrogen) atoms. The number of hydrogen-bond acceptors (Lipinski definition) is 1. The lowest BCUT2D eigenvalue weighted by atomic mass is 9.67. The van der Waals surface area contributed by atoms with Crippen molar-refractivity contribution in [3.63, 3.8) is 0 Å². The molecule has 0 bridgehead atoms. The van der Waals surface area contributed by atoms with Crippen LogP contribution in [0.3, 0.4) is 0 Å². The molecule has 0 unspecified atom stereocenters. The predicted octanol–water partition coefficient (Wildman–Crippen LogP) is 10.6. The van der Waals surface area contributed by atoms with E-state index in [1.54, 1.807) is 0 Å². The lowest BCUT2D eigenvalue weighted by Gasteiger charge is -2.33. The molecule has 0 spiro atoms. The zero-order valence-corrected chi connectivity index (χ0v) is 22.9.